The average molecular weight is 332 g/mol. The number of aliphatic imine (C=N–C) groups is 1. The van der Waals surface area contributed by atoms with Crippen molar-refractivity contribution in [2.75, 3.05) is 6.54 Å². The third kappa shape index (κ3) is 3.82. The van der Waals surface area contributed by atoms with Gasteiger partial charge in [0.1, 0.15) is 11.6 Å². The number of aryl methyl sites for hydroxylation is 1. The van der Waals surface area contributed by atoms with Crippen molar-refractivity contribution >= 4 is 16.6 Å². The maximum Gasteiger partial charge on any atom is 0.126 e. The number of fused-ring (bicyclic) bond motifs is 1. The molecule has 0 aliphatic heterocycles. The summed E-state index contributed by atoms with van der Waals surface area (Å²) < 4.78 is 0. The Morgan fingerprint density at radius 2 is 1.72 bits per heavy atom. The van der Waals surface area contributed by atoms with Crippen LogP contribution < -0.4 is 5.73 Å². The molecule has 128 valence electrons. The number of phenolic OH excluding ortho intramolecular Hbond substituents is 1. The highest BCUT2D eigenvalue weighted by Crippen LogP contribution is 2.25. The molecule has 3 aromatic carbocycles. The summed E-state index contributed by atoms with van der Waals surface area (Å²) in [6, 6.07) is 20.2. The van der Waals surface area contributed by atoms with Gasteiger partial charge in [-0.25, -0.2) is 0 Å². The number of nitrogens with two attached hydrogens (primary N) is 1. The Morgan fingerprint density at radius 3 is 2.56 bits per heavy atom. The maximum atomic E-state index is 10.3. The van der Waals surface area contributed by atoms with Crippen molar-refractivity contribution in [2.45, 2.75) is 26.2 Å². The van der Waals surface area contributed by atoms with Crippen LogP contribution in [-0.4, -0.2) is 17.5 Å². The largest absolute Gasteiger partial charge is 0.508 e. The summed E-state index contributed by atoms with van der Waals surface area (Å²) in [6.45, 7) is 2.77. The molecule has 0 aliphatic rings. The van der Waals surface area contributed by atoms with Crippen LogP contribution in [0.2, 0.25) is 0 Å². The predicted octanol–water partition coefficient (Wildman–Crippen LogP) is 4.45. The van der Waals surface area contributed by atoms with Crippen molar-refractivity contribution in [3.8, 4) is 5.75 Å². The third-order valence-electron chi connectivity index (χ3n) is 4.46. The topological polar surface area (TPSA) is 58.6 Å². The molecule has 3 aromatic rings. The first kappa shape index (κ1) is 17.0. The number of rotatable bonds is 6. The lowest BCUT2D eigenvalue weighted by molar-refractivity contribution is 0.468. The first-order valence-electron chi connectivity index (χ1n) is 8.78. The highest BCUT2D eigenvalue weighted by molar-refractivity contribution is 5.99. The summed E-state index contributed by atoms with van der Waals surface area (Å²) in [6.07, 6.45) is 2.51. The lowest BCUT2D eigenvalue weighted by atomic mass is 9.95. The summed E-state index contributed by atoms with van der Waals surface area (Å²) in [5.41, 5.74) is 9.13. The second-order valence-corrected chi connectivity index (χ2v) is 6.21. The van der Waals surface area contributed by atoms with E-state index < -0.39 is 0 Å². The third-order valence-corrected chi connectivity index (χ3v) is 4.46. The molecule has 0 saturated heterocycles. The molecule has 3 nitrogen and oxygen atoms in total. The molecular formula is C22H24N2O. The van der Waals surface area contributed by atoms with E-state index in [2.05, 4.69) is 54.4 Å². The molecule has 0 bridgehead atoms. The van der Waals surface area contributed by atoms with Crippen LogP contribution in [0.1, 0.15) is 30.0 Å². The quantitative estimate of drug-likeness (QED) is 0.518. The Balaban J connectivity index is 1.90. The van der Waals surface area contributed by atoms with Gasteiger partial charge in [-0.05, 0) is 41.7 Å². The number of benzene rings is 3. The first-order chi connectivity index (χ1) is 12.2. The van der Waals surface area contributed by atoms with E-state index in [4.69, 9.17) is 5.73 Å². The van der Waals surface area contributed by atoms with Gasteiger partial charge in [0.25, 0.3) is 0 Å². The van der Waals surface area contributed by atoms with Gasteiger partial charge in [-0.15, -0.1) is 0 Å². The van der Waals surface area contributed by atoms with Crippen LogP contribution in [0.15, 0.2) is 65.7 Å². The van der Waals surface area contributed by atoms with Crippen molar-refractivity contribution < 1.29 is 5.11 Å². The van der Waals surface area contributed by atoms with E-state index in [9.17, 15) is 5.11 Å². The van der Waals surface area contributed by atoms with Gasteiger partial charge in [-0.3, -0.25) is 4.99 Å². The van der Waals surface area contributed by atoms with Gasteiger partial charge in [0.2, 0.25) is 0 Å². The normalized spacial score (nSPS) is 11.8. The Kier molecular flexibility index (Phi) is 5.34. The fourth-order valence-corrected chi connectivity index (χ4v) is 3.16. The number of nitrogens with zero attached hydrogens (tertiary/aromatic N) is 1. The minimum atomic E-state index is 0.285. The fraction of sp³-hybridized carbons (Fsp3) is 0.227. The zero-order chi connectivity index (χ0) is 17.6. The summed E-state index contributed by atoms with van der Waals surface area (Å²) in [4.78, 5) is 4.40. The Morgan fingerprint density at radius 1 is 0.960 bits per heavy atom. The average Bonchev–Trinajstić information content (AvgIpc) is 2.65. The number of hydrogen-bond donors (Lipinski definition) is 2. The molecule has 3 rings (SSSR count). The van der Waals surface area contributed by atoms with Crippen molar-refractivity contribution in [1.82, 2.24) is 0 Å². The SMILES string of the molecule is CCCN=C(N)c1cccc(O)c1CCc1cccc2ccccc12. The summed E-state index contributed by atoms with van der Waals surface area (Å²) in [5, 5.41) is 12.8. The van der Waals surface area contributed by atoms with Gasteiger partial charge in [0.05, 0.1) is 0 Å². The predicted molar refractivity (Wildman–Crippen MR) is 105 cm³/mol. The van der Waals surface area contributed by atoms with Crippen molar-refractivity contribution in [3.63, 3.8) is 0 Å². The number of phenols is 1. The fourth-order valence-electron chi connectivity index (χ4n) is 3.16. The molecule has 25 heavy (non-hydrogen) atoms. The van der Waals surface area contributed by atoms with Crippen LogP contribution in [0.5, 0.6) is 5.75 Å². The number of hydrogen-bond acceptors (Lipinski definition) is 2. The highest BCUT2D eigenvalue weighted by Gasteiger charge is 2.12. The summed E-state index contributed by atoms with van der Waals surface area (Å²) in [7, 11) is 0. The van der Waals surface area contributed by atoms with Crippen LogP contribution >= 0.6 is 0 Å². The molecule has 0 aliphatic carbocycles. The first-order valence-corrected chi connectivity index (χ1v) is 8.78. The van der Waals surface area contributed by atoms with Crippen LogP contribution in [0.25, 0.3) is 10.8 Å². The maximum absolute atomic E-state index is 10.3. The van der Waals surface area contributed by atoms with E-state index in [1.165, 1.54) is 16.3 Å². The molecule has 3 N–H and O–H groups in total. The van der Waals surface area contributed by atoms with E-state index in [1.807, 2.05) is 12.1 Å². The van der Waals surface area contributed by atoms with Crippen molar-refractivity contribution in [1.29, 1.82) is 0 Å². The number of amidine groups is 1. The molecule has 0 spiro atoms. The molecular weight excluding hydrogens is 308 g/mol. The van der Waals surface area contributed by atoms with Crippen LogP contribution in [0.3, 0.4) is 0 Å². The second kappa shape index (κ2) is 7.84. The highest BCUT2D eigenvalue weighted by atomic mass is 16.3. The van der Waals surface area contributed by atoms with Crippen LogP contribution in [-0.2, 0) is 12.8 Å². The molecule has 0 radical (unpaired) electrons. The van der Waals surface area contributed by atoms with E-state index in [0.717, 1.165) is 30.4 Å². The number of aromatic hydroxyl groups is 1. The standard InChI is InChI=1S/C22H24N2O/c1-2-15-24-22(23)20-11-6-12-21(25)19(20)14-13-17-9-5-8-16-7-3-4-10-18(16)17/h3-12,25H,2,13-15H2,1H3,(H2,23,24). The Labute approximate surface area is 148 Å². The second-order valence-electron chi connectivity index (χ2n) is 6.21. The lowest BCUT2D eigenvalue weighted by Crippen LogP contribution is -2.16. The molecule has 0 saturated carbocycles. The van der Waals surface area contributed by atoms with Gasteiger partial charge in [-0.2, -0.15) is 0 Å². The van der Waals surface area contributed by atoms with Crippen molar-refractivity contribution in [3.05, 3.63) is 77.4 Å². The molecule has 0 aromatic heterocycles. The van der Waals surface area contributed by atoms with Crippen LogP contribution in [0, 0.1) is 0 Å². The molecule has 0 amide bonds. The Bertz CT molecular complexity index is 894. The van der Waals surface area contributed by atoms with Gasteiger partial charge < -0.3 is 10.8 Å². The monoisotopic (exact) mass is 332 g/mol. The van der Waals surface area contributed by atoms with Gasteiger partial charge in [0, 0.05) is 17.7 Å². The molecule has 0 atom stereocenters. The summed E-state index contributed by atoms with van der Waals surface area (Å²) >= 11 is 0. The Hall–Kier alpha value is -2.81. The van der Waals surface area contributed by atoms with E-state index >= 15 is 0 Å². The van der Waals surface area contributed by atoms with E-state index in [1.54, 1.807) is 6.07 Å². The molecule has 0 fully saturated rings. The summed E-state index contributed by atoms with van der Waals surface area (Å²) in [5.74, 6) is 0.790. The molecule has 0 heterocycles. The smallest absolute Gasteiger partial charge is 0.126 e. The van der Waals surface area contributed by atoms with E-state index in [0.29, 0.717) is 12.4 Å². The zero-order valence-electron chi connectivity index (χ0n) is 14.6. The molecule has 3 heteroatoms. The van der Waals surface area contributed by atoms with Gasteiger partial charge >= 0.3 is 0 Å². The van der Waals surface area contributed by atoms with Crippen molar-refractivity contribution in [2.24, 2.45) is 10.7 Å². The zero-order valence-corrected chi connectivity index (χ0v) is 14.6. The van der Waals surface area contributed by atoms with Crippen LogP contribution in [0.4, 0.5) is 0 Å². The lowest BCUT2D eigenvalue weighted by Gasteiger charge is -2.12. The van der Waals surface area contributed by atoms with Gasteiger partial charge in [0.15, 0.2) is 0 Å². The van der Waals surface area contributed by atoms with Gasteiger partial charge in [-0.1, -0.05) is 61.5 Å². The molecule has 0 unspecified atom stereocenters. The minimum absolute atomic E-state index is 0.285. The van der Waals surface area contributed by atoms with E-state index in [-0.39, 0.29) is 5.75 Å². The minimum Gasteiger partial charge on any atom is -0.508 e.